The highest BCUT2D eigenvalue weighted by Gasteiger charge is 2.27. The molecule has 7 nitrogen and oxygen atoms in total. The maximum atomic E-state index is 12.4. The lowest BCUT2D eigenvalue weighted by molar-refractivity contribution is -0.123. The first-order valence-corrected chi connectivity index (χ1v) is 9.83. The van der Waals surface area contributed by atoms with Crippen molar-refractivity contribution in [1.29, 1.82) is 0 Å². The van der Waals surface area contributed by atoms with E-state index in [9.17, 15) is 9.59 Å². The van der Waals surface area contributed by atoms with E-state index in [-0.39, 0.29) is 23.9 Å². The van der Waals surface area contributed by atoms with Gasteiger partial charge in [0, 0.05) is 31.6 Å². The Bertz CT molecular complexity index is 782. The number of aromatic nitrogens is 1. The number of amides is 2. The smallest absolute Gasteiger partial charge is 0.242 e. The summed E-state index contributed by atoms with van der Waals surface area (Å²) in [6.45, 7) is 5.22. The van der Waals surface area contributed by atoms with Crippen molar-refractivity contribution >= 4 is 17.6 Å². The van der Waals surface area contributed by atoms with E-state index >= 15 is 0 Å². The predicted molar refractivity (Wildman–Crippen MR) is 107 cm³/mol. The van der Waals surface area contributed by atoms with Gasteiger partial charge in [-0.3, -0.25) is 14.5 Å². The Balaban J connectivity index is 1.38. The number of hydrogen-bond donors (Lipinski definition) is 2. The molecule has 2 N–H and O–H groups in total. The zero-order valence-electron chi connectivity index (χ0n) is 16.5. The molecule has 1 fully saturated rings. The highest BCUT2D eigenvalue weighted by Crippen LogP contribution is 2.15. The third-order valence-electron chi connectivity index (χ3n) is 5.18. The van der Waals surface area contributed by atoms with Gasteiger partial charge in [-0.15, -0.1) is 0 Å². The molecule has 1 aliphatic rings. The molecule has 1 saturated heterocycles. The molecule has 150 valence electrons. The van der Waals surface area contributed by atoms with Crippen molar-refractivity contribution in [3.05, 3.63) is 47.7 Å². The Morgan fingerprint density at radius 2 is 1.96 bits per heavy atom. The molecule has 0 radical (unpaired) electrons. The summed E-state index contributed by atoms with van der Waals surface area (Å²) >= 11 is 0. The number of hydrogen-bond acceptors (Lipinski definition) is 5. The highest BCUT2D eigenvalue weighted by molar-refractivity contribution is 5.93. The fourth-order valence-corrected chi connectivity index (χ4v) is 3.46. The molecular formula is C21H28N4O3. The van der Waals surface area contributed by atoms with Gasteiger partial charge in [0.1, 0.15) is 5.76 Å². The van der Waals surface area contributed by atoms with Gasteiger partial charge in [-0.1, -0.05) is 35.5 Å². The molecule has 2 amide bonds. The topological polar surface area (TPSA) is 87.5 Å². The third-order valence-corrected chi connectivity index (χ3v) is 5.18. The van der Waals surface area contributed by atoms with Gasteiger partial charge in [-0.05, 0) is 38.7 Å². The van der Waals surface area contributed by atoms with Crippen LogP contribution in [0.15, 0.2) is 40.9 Å². The number of carbonyl (C=O) groups is 2. The second kappa shape index (κ2) is 9.50. The Morgan fingerprint density at radius 1 is 1.25 bits per heavy atom. The van der Waals surface area contributed by atoms with Gasteiger partial charge in [0.15, 0.2) is 5.82 Å². The molecule has 1 aliphatic heterocycles. The number of benzene rings is 1. The Morgan fingerprint density at radius 3 is 2.61 bits per heavy atom. The van der Waals surface area contributed by atoms with Crippen molar-refractivity contribution in [2.24, 2.45) is 0 Å². The van der Waals surface area contributed by atoms with Crippen LogP contribution in [0.4, 0.5) is 5.82 Å². The van der Waals surface area contributed by atoms with E-state index in [0.717, 1.165) is 32.4 Å². The first-order valence-electron chi connectivity index (χ1n) is 9.83. The Kier molecular flexibility index (Phi) is 6.81. The number of nitrogens with one attached hydrogen (secondary N) is 2. The number of anilines is 1. The third kappa shape index (κ3) is 5.66. The van der Waals surface area contributed by atoms with Crippen molar-refractivity contribution < 1.29 is 14.1 Å². The summed E-state index contributed by atoms with van der Waals surface area (Å²) in [5.41, 5.74) is 1.18. The number of piperidine rings is 1. The molecule has 1 aromatic carbocycles. The number of likely N-dealkylation sites (tertiary alicyclic amines) is 1. The first-order chi connectivity index (χ1) is 13.5. The molecule has 1 aromatic heterocycles. The van der Waals surface area contributed by atoms with Crippen molar-refractivity contribution in [2.75, 3.05) is 18.4 Å². The molecule has 1 unspecified atom stereocenters. The van der Waals surface area contributed by atoms with Crippen LogP contribution in [0.1, 0.15) is 37.5 Å². The van der Waals surface area contributed by atoms with Gasteiger partial charge >= 0.3 is 0 Å². The zero-order chi connectivity index (χ0) is 19.9. The van der Waals surface area contributed by atoms with E-state index in [1.807, 2.05) is 37.3 Å². The number of nitrogens with zero attached hydrogens (tertiary/aromatic N) is 2. The average Bonchev–Trinajstić information content (AvgIpc) is 3.12. The standard InChI is InChI=1S/C21H28N4O3/c1-15-14-19(24-28-15)23-21(27)16(2)25-12-10-18(11-13-25)22-20(26)9-8-17-6-4-3-5-7-17/h3-7,14,16,18H,8-13H2,1-2H3,(H,22,26)(H,23,24,27). The van der Waals surface area contributed by atoms with Gasteiger partial charge in [-0.2, -0.15) is 0 Å². The Hall–Kier alpha value is -2.67. The van der Waals surface area contributed by atoms with E-state index in [2.05, 4.69) is 20.7 Å². The maximum Gasteiger partial charge on any atom is 0.242 e. The number of aryl methyl sites for hydroxylation is 2. The maximum absolute atomic E-state index is 12.4. The van der Waals surface area contributed by atoms with E-state index in [0.29, 0.717) is 18.0 Å². The first kappa shape index (κ1) is 20.1. The SMILES string of the molecule is Cc1cc(NC(=O)C(C)N2CCC(NC(=O)CCc3ccccc3)CC2)no1. The molecule has 28 heavy (non-hydrogen) atoms. The zero-order valence-corrected chi connectivity index (χ0v) is 16.5. The van der Waals surface area contributed by atoms with Crippen molar-refractivity contribution in [1.82, 2.24) is 15.4 Å². The monoisotopic (exact) mass is 384 g/mol. The molecule has 1 atom stereocenters. The van der Waals surface area contributed by atoms with Gasteiger partial charge < -0.3 is 15.2 Å². The summed E-state index contributed by atoms with van der Waals surface area (Å²) in [4.78, 5) is 26.7. The summed E-state index contributed by atoms with van der Waals surface area (Å²) in [6, 6.07) is 11.7. The van der Waals surface area contributed by atoms with Crippen molar-refractivity contribution in [3.63, 3.8) is 0 Å². The minimum absolute atomic E-state index is 0.0921. The fourth-order valence-electron chi connectivity index (χ4n) is 3.46. The number of carbonyl (C=O) groups excluding carboxylic acids is 2. The molecule has 0 spiro atoms. The van der Waals surface area contributed by atoms with Crippen LogP contribution in [0.25, 0.3) is 0 Å². The van der Waals surface area contributed by atoms with E-state index in [1.165, 1.54) is 5.56 Å². The number of rotatable bonds is 7. The second-order valence-electron chi connectivity index (χ2n) is 7.35. The quantitative estimate of drug-likeness (QED) is 0.766. The summed E-state index contributed by atoms with van der Waals surface area (Å²) in [6.07, 6.45) is 2.94. The minimum Gasteiger partial charge on any atom is -0.360 e. The summed E-state index contributed by atoms with van der Waals surface area (Å²) < 4.78 is 4.97. The van der Waals surface area contributed by atoms with Crippen LogP contribution in [-0.4, -0.2) is 47.0 Å². The average molecular weight is 384 g/mol. The van der Waals surface area contributed by atoms with E-state index < -0.39 is 0 Å². The highest BCUT2D eigenvalue weighted by atomic mass is 16.5. The van der Waals surface area contributed by atoms with Crippen LogP contribution in [0.2, 0.25) is 0 Å². The lowest BCUT2D eigenvalue weighted by Crippen LogP contribution is -2.50. The molecule has 2 heterocycles. The largest absolute Gasteiger partial charge is 0.360 e. The second-order valence-corrected chi connectivity index (χ2v) is 7.35. The summed E-state index contributed by atoms with van der Waals surface area (Å²) in [7, 11) is 0. The molecule has 3 rings (SSSR count). The van der Waals surface area contributed by atoms with Crippen LogP contribution in [0, 0.1) is 6.92 Å². The van der Waals surface area contributed by atoms with Gasteiger partial charge in [0.25, 0.3) is 0 Å². The van der Waals surface area contributed by atoms with Gasteiger partial charge in [0.05, 0.1) is 6.04 Å². The normalized spacial score (nSPS) is 16.5. The van der Waals surface area contributed by atoms with Gasteiger partial charge in [0.2, 0.25) is 11.8 Å². The van der Waals surface area contributed by atoms with Crippen LogP contribution in [-0.2, 0) is 16.0 Å². The molecule has 7 heteroatoms. The molecule has 0 aliphatic carbocycles. The molecule has 2 aromatic rings. The molecule has 0 bridgehead atoms. The van der Waals surface area contributed by atoms with Crippen LogP contribution in [0.3, 0.4) is 0 Å². The lowest BCUT2D eigenvalue weighted by atomic mass is 10.0. The van der Waals surface area contributed by atoms with Crippen LogP contribution < -0.4 is 10.6 Å². The van der Waals surface area contributed by atoms with Crippen LogP contribution in [0.5, 0.6) is 0 Å². The Labute approximate surface area is 165 Å². The van der Waals surface area contributed by atoms with Crippen molar-refractivity contribution in [3.8, 4) is 0 Å². The lowest BCUT2D eigenvalue weighted by Gasteiger charge is -2.35. The summed E-state index contributed by atoms with van der Waals surface area (Å²) in [5, 5.41) is 9.71. The predicted octanol–water partition coefficient (Wildman–Crippen LogP) is 2.52. The van der Waals surface area contributed by atoms with Gasteiger partial charge in [-0.25, -0.2) is 0 Å². The van der Waals surface area contributed by atoms with E-state index in [4.69, 9.17) is 4.52 Å². The van der Waals surface area contributed by atoms with Crippen LogP contribution >= 0.6 is 0 Å². The fraction of sp³-hybridized carbons (Fsp3) is 0.476. The minimum atomic E-state index is -0.258. The summed E-state index contributed by atoms with van der Waals surface area (Å²) in [5.74, 6) is 1.09. The molecular weight excluding hydrogens is 356 g/mol. The van der Waals surface area contributed by atoms with E-state index in [1.54, 1.807) is 13.0 Å². The van der Waals surface area contributed by atoms with Crippen molar-refractivity contribution in [2.45, 2.75) is 51.6 Å². The molecule has 0 saturated carbocycles.